The fraction of sp³-hybridized carbons (Fsp3) is 0.0376. The Morgan fingerprint density at radius 2 is 0.556 bits per heavy atom. The van der Waals surface area contributed by atoms with Crippen LogP contribution >= 0.6 is 0 Å². The van der Waals surface area contributed by atoms with Gasteiger partial charge in [0, 0.05) is 115 Å². The number of aryl methyl sites for hydroxylation is 2. The van der Waals surface area contributed by atoms with Crippen molar-refractivity contribution < 1.29 is 0 Å². The van der Waals surface area contributed by atoms with Crippen LogP contribution in [0.15, 0.2) is 486 Å². The Labute approximate surface area is 825 Å². The number of rotatable bonds is 21. The quantitative estimate of drug-likeness (QED) is 0.0741. The molecule has 17 aromatic carbocycles. The molecule has 1 aliphatic carbocycles. The van der Waals surface area contributed by atoms with Crippen molar-refractivity contribution in [3.05, 3.63) is 514 Å². The van der Waals surface area contributed by atoms with E-state index in [1.54, 1.807) is 0 Å². The number of benzene rings is 17. The summed E-state index contributed by atoms with van der Waals surface area (Å²) in [5.74, 6) is 0. The van der Waals surface area contributed by atoms with E-state index < -0.39 is 5.41 Å². The summed E-state index contributed by atoms with van der Waals surface area (Å²) in [6.45, 7) is 6.88. The molecule has 0 spiro atoms. The van der Waals surface area contributed by atoms with Gasteiger partial charge in [0.25, 0.3) is 0 Å². The fourth-order valence-corrected chi connectivity index (χ4v) is 21.9. The lowest BCUT2D eigenvalue weighted by atomic mass is 9.74. The maximum Gasteiger partial charge on any atom is 0.0708 e. The number of aromatic amines is 2. The molecule has 24 aromatic rings. The van der Waals surface area contributed by atoms with E-state index in [9.17, 15) is 0 Å². The average molecular weight is 1820 g/mol. The molecule has 7 heterocycles. The van der Waals surface area contributed by atoms with Crippen LogP contribution in [0.1, 0.15) is 34.7 Å². The number of nitrogens with zero attached hydrogens (tertiary/aromatic N) is 7. The zero-order valence-electron chi connectivity index (χ0n) is 78.5. The van der Waals surface area contributed by atoms with Crippen LogP contribution in [-0.4, -0.2) is 44.9 Å². The van der Waals surface area contributed by atoms with Gasteiger partial charge >= 0.3 is 0 Å². The summed E-state index contributed by atoms with van der Waals surface area (Å²) in [7, 11) is 0. The van der Waals surface area contributed by atoms with Crippen LogP contribution < -0.4 is 0 Å². The van der Waals surface area contributed by atoms with Gasteiger partial charge in [-0.2, -0.15) is 10.2 Å². The summed E-state index contributed by atoms with van der Waals surface area (Å²) in [6, 6.07) is 159. The topological polar surface area (TPSA) is 114 Å². The third kappa shape index (κ3) is 15.6. The molecule has 0 fully saturated rings. The molecular formula is C133H93N9. The third-order valence-corrected chi connectivity index (χ3v) is 28.8. The van der Waals surface area contributed by atoms with Crippen LogP contribution in [0.4, 0.5) is 0 Å². The van der Waals surface area contributed by atoms with Gasteiger partial charge in [0.05, 0.1) is 46.2 Å². The summed E-state index contributed by atoms with van der Waals surface area (Å²) in [5, 5.41) is 18.2. The van der Waals surface area contributed by atoms with Crippen molar-refractivity contribution in [2.24, 2.45) is 0 Å². The fourth-order valence-electron chi connectivity index (χ4n) is 21.9. The molecule has 0 radical (unpaired) electrons. The Balaban J connectivity index is 0.647. The van der Waals surface area contributed by atoms with Crippen molar-refractivity contribution in [1.29, 1.82) is 0 Å². The molecule has 1 unspecified atom stereocenters. The summed E-state index contributed by atoms with van der Waals surface area (Å²) < 4.78 is 2.40. The minimum Gasteiger partial charge on any atom is -0.309 e. The average Bonchev–Trinajstić information content (AvgIpc) is 1.55. The van der Waals surface area contributed by atoms with E-state index in [1.165, 1.54) is 27.8 Å². The number of para-hydroxylation sites is 2. The van der Waals surface area contributed by atoms with Crippen LogP contribution in [-0.2, 0) is 11.8 Å². The van der Waals surface area contributed by atoms with Crippen LogP contribution in [0.3, 0.4) is 0 Å². The minimum atomic E-state index is -0.535. The van der Waals surface area contributed by atoms with Crippen LogP contribution in [0, 0.1) is 13.8 Å². The molecular weight excluding hydrogens is 1720 g/mol. The number of nitrogens with one attached hydrogen (secondary N) is 2. The van der Waals surface area contributed by atoms with Crippen molar-refractivity contribution in [2.45, 2.75) is 32.6 Å². The van der Waals surface area contributed by atoms with Crippen LogP contribution in [0.25, 0.3) is 239 Å². The Kier molecular flexibility index (Phi) is 21.8. The Morgan fingerprint density at radius 1 is 0.211 bits per heavy atom. The lowest BCUT2D eigenvalue weighted by molar-refractivity contribution is 0.583. The first-order chi connectivity index (χ1) is 70.1. The van der Waals surface area contributed by atoms with Crippen molar-refractivity contribution in [2.75, 3.05) is 0 Å². The van der Waals surface area contributed by atoms with Gasteiger partial charge in [-0.15, -0.1) is 0 Å². The van der Waals surface area contributed by atoms with Gasteiger partial charge in [-0.1, -0.05) is 341 Å². The summed E-state index contributed by atoms with van der Waals surface area (Å²) in [5.41, 5.74) is 48.7. The highest BCUT2D eigenvalue weighted by molar-refractivity contribution is 6.13. The summed E-state index contributed by atoms with van der Waals surface area (Å²) in [6.07, 6.45) is 17.0. The first kappa shape index (κ1) is 85.2. The predicted molar refractivity (Wildman–Crippen MR) is 586 cm³/mol. The zero-order chi connectivity index (χ0) is 94.7. The molecule has 25 rings (SSSR count). The van der Waals surface area contributed by atoms with Gasteiger partial charge in [-0.3, -0.25) is 30.1 Å². The Hall–Kier alpha value is -18.4. The lowest BCUT2D eigenvalue weighted by Crippen LogP contribution is -2.24. The standard InChI is InChI=1S/C133H93N9/c1-85-61-127(89-38-12-5-13-39-89)134-81-121(85)107-53-26-22-49-103(107)94-64-95(104-50-23-27-54-108(104)122-82-135-128(62-86(122)2)90-40-14-6-15-41-90)67-98(66-94)113-70-119-111-57-30-32-59-125(111)133(3,126(119)72-115(113)100-77-138-139-78-100)76-87-35-34-46-93(63-87)117-74-130(92-44-18-8-19-45-92)137-84-124(117)110-56-29-25-52-106(110)97-65-96(105-51-24-28-55-109(105)123-83-136-129(91-42-16-7-17-43-91)73-116(123)88-36-10-4-11-37-88)68-99(69-97)114-71-120-112-58-31-33-60-131(112)142(102-47-20-9-21-48-102)132(120)75-118(114)101-79-140-141-80-101/h4-75,77-84H,76H2,1-3H3,(H,138,139)(H,140,141). The first-order valence-corrected chi connectivity index (χ1v) is 48.5. The second-order valence-electron chi connectivity index (χ2n) is 37.4. The molecule has 2 N–H and O–H groups in total. The maximum absolute atomic E-state index is 5.50. The molecule has 0 bridgehead atoms. The maximum atomic E-state index is 5.50. The molecule has 0 aliphatic heterocycles. The van der Waals surface area contributed by atoms with Gasteiger partial charge in [0.15, 0.2) is 0 Å². The normalized spacial score (nSPS) is 12.7. The Morgan fingerprint density at radius 3 is 1.01 bits per heavy atom. The largest absolute Gasteiger partial charge is 0.309 e. The molecule has 1 aliphatic rings. The van der Waals surface area contributed by atoms with E-state index in [2.05, 4.69) is 502 Å². The highest BCUT2D eigenvalue weighted by atomic mass is 15.1. The predicted octanol–water partition coefficient (Wildman–Crippen LogP) is 34.0. The van der Waals surface area contributed by atoms with Gasteiger partial charge in [-0.05, 0) is 285 Å². The van der Waals surface area contributed by atoms with Crippen LogP contribution in [0.2, 0.25) is 0 Å². The zero-order valence-corrected chi connectivity index (χ0v) is 78.5. The SMILES string of the molecule is Cc1cc(-c2ccccc2)ncc1-c1ccccc1-c1cc(-c2cc3c(cc2-c2cn[nH]c2)C(C)(Cc2cccc(-c4cc(-c5ccccc5)ncc4-c4ccccc4-c4cc(-c5cc6c7ccccc7n(-c7ccccc7)c6cc5-c5cn[nH]c5)cc(-c5ccccc5-c5cnc(-c6ccccc6)cc5-c5ccccc5)c4)c2)c2ccccc2-3)cc(-c2ccccc2-c2cnc(-c3ccccc3)cc2C)c1. The van der Waals surface area contributed by atoms with Gasteiger partial charge in [0.1, 0.15) is 0 Å². The molecule has 9 nitrogen and oxygen atoms in total. The molecule has 9 heteroatoms. The number of hydrogen-bond acceptors (Lipinski definition) is 6. The van der Waals surface area contributed by atoms with Crippen LogP contribution in [0.5, 0.6) is 0 Å². The number of H-pyrrole nitrogens is 2. The molecule has 7 aromatic heterocycles. The minimum absolute atomic E-state index is 0.535. The van der Waals surface area contributed by atoms with Crippen molar-refractivity contribution in [3.8, 4) is 218 Å². The van der Waals surface area contributed by atoms with E-state index in [0.29, 0.717) is 6.42 Å². The lowest BCUT2D eigenvalue weighted by Gasteiger charge is -2.29. The molecule has 142 heavy (non-hydrogen) atoms. The third-order valence-electron chi connectivity index (χ3n) is 28.8. The summed E-state index contributed by atoms with van der Waals surface area (Å²) in [4.78, 5) is 21.1. The molecule has 1 atom stereocenters. The smallest absolute Gasteiger partial charge is 0.0708 e. The van der Waals surface area contributed by atoms with Crippen molar-refractivity contribution in [1.82, 2.24) is 44.9 Å². The van der Waals surface area contributed by atoms with Crippen molar-refractivity contribution >= 4 is 21.8 Å². The second kappa shape index (κ2) is 36.2. The number of aromatic nitrogens is 9. The molecule has 0 saturated heterocycles. The van der Waals surface area contributed by atoms with Gasteiger partial charge in [-0.25, -0.2) is 0 Å². The van der Waals surface area contributed by atoms with E-state index in [0.717, 1.165) is 239 Å². The van der Waals surface area contributed by atoms with E-state index in [-0.39, 0.29) is 0 Å². The van der Waals surface area contributed by atoms with Gasteiger partial charge < -0.3 is 4.57 Å². The van der Waals surface area contributed by atoms with E-state index >= 15 is 0 Å². The Bertz CT molecular complexity index is 8790. The highest BCUT2D eigenvalue weighted by Crippen LogP contribution is 2.56. The van der Waals surface area contributed by atoms with E-state index in [4.69, 9.17) is 25.0 Å². The monoisotopic (exact) mass is 1820 g/mol. The first-order valence-electron chi connectivity index (χ1n) is 48.5. The number of fused-ring (bicyclic) bond motifs is 6. The molecule has 0 amide bonds. The van der Waals surface area contributed by atoms with Crippen molar-refractivity contribution in [3.63, 3.8) is 0 Å². The molecule has 670 valence electrons. The van der Waals surface area contributed by atoms with Gasteiger partial charge in [0.2, 0.25) is 0 Å². The summed E-state index contributed by atoms with van der Waals surface area (Å²) >= 11 is 0. The molecule has 0 saturated carbocycles. The number of pyridine rings is 4. The van der Waals surface area contributed by atoms with E-state index in [1.807, 2.05) is 24.8 Å². The second-order valence-corrected chi connectivity index (χ2v) is 37.4. The number of hydrogen-bond donors (Lipinski definition) is 2. The highest BCUT2D eigenvalue weighted by Gasteiger charge is 2.41.